The minimum Gasteiger partial charge on any atom is -0.0842 e. The van der Waals surface area contributed by atoms with Crippen LogP contribution >= 0.6 is 0 Å². The molecule has 0 saturated heterocycles. The molecule has 0 amide bonds. The van der Waals surface area contributed by atoms with Crippen LogP contribution in [0.2, 0.25) is 0 Å². The smallest absolute Gasteiger partial charge is 0.00266 e. The Morgan fingerprint density at radius 2 is 2.00 bits per heavy atom. The lowest BCUT2D eigenvalue weighted by Crippen LogP contribution is -1.97. The van der Waals surface area contributed by atoms with E-state index in [0.29, 0.717) is 0 Å². The van der Waals surface area contributed by atoms with Gasteiger partial charge in [-0.25, -0.2) is 0 Å². The molecule has 0 heterocycles. The third-order valence-corrected chi connectivity index (χ3v) is 3.40. The lowest BCUT2D eigenvalue weighted by Gasteiger charge is -2.13. The summed E-state index contributed by atoms with van der Waals surface area (Å²) in [4.78, 5) is 0. The van der Waals surface area contributed by atoms with Gasteiger partial charge in [-0.1, -0.05) is 42.0 Å². The topological polar surface area (TPSA) is 0 Å². The Labute approximate surface area is 79.3 Å². The molecule has 0 aliphatic heterocycles. The quantitative estimate of drug-likeness (QED) is 0.489. The van der Waals surface area contributed by atoms with Gasteiger partial charge in [0.05, 0.1) is 0 Å². The van der Waals surface area contributed by atoms with Gasteiger partial charge in [0.2, 0.25) is 0 Å². The summed E-state index contributed by atoms with van der Waals surface area (Å²) in [5.41, 5.74) is 3.34. The first-order chi connectivity index (χ1) is 6.45. The normalized spacial score (nSPS) is 40.0. The summed E-state index contributed by atoms with van der Waals surface area (Å²) in [6.45, 7) is 0. The van der Waals surface area contributed by atoms with E-state index >= 15 is 0 Å². The molecule has 0 aromatic heterocycles. The zero-order chi connectivity index (χ0) is 8.67. The summed E-state index contributed by atoms with van der Waals surface area (Å²) >= 11 is 0. The minimum atomic E-state index is 0.753. The molecule has 2 atom stereocenters. The maximum absolute atomic E-state index is 2.41. The molecule has 2 unspecified atom stereocenters. The molecule has 3 rings (SSSR count). The van der Waals surface area contributed by atoms with E-state index in [0.717, 1.165) is 11.8 Å². The SMILES string of the molecule is C1=CC2CC1C1=C2CC/C=C\C=C/1. The molecule has 66 valence electrons. The summed E-state index contributed by atoms with van der Waals surface area (Å²) in [6.07, 6.45) is 17.6. The first kappa shape index (κ1) is 7.37. The fourth-order valence-electron chi connectivity index (χ4n) is 2.77. The fraction of sp³-hybridized carbons (Fsp3) is 0.385. The van der Waals surface area contributed by atoms with Crippen molar-refractivity contribution in [3.63, 3.8) is 0 Å². The van der Waals surface area contributed by atoms with E-state index in [4.69, 9.17) is 0 Å². The van der Waals surface area contributed by atoms with Crippen LogP contribution < -0.4 is 0 Å². The van der Waals surface area contributed by atoms with E-state index < -0.39 is 0 Å². The average Bonchev–Trinajstić information content (AvgIpc) is 2.62. The molecule has 3 aliphatic rings. The van der Waals surface area contributed by atoms with Crippen LogP contribution in [0, 0.1) is 11.8 Å². The monoisotopic (exact) mass is 170 g/mol. The predicted octanol–water partition coefficient (Wildman–Crippen LogP) is 3.40. The maximum Gasteiger partial charge on any atom is 0.00266 e. The largest absolute Gasteiger partial charge is 0.0842 e. The number of rotatable bonds is 0. The molecule has 3 aliphatic carbocycles. The highest BCUT2D eigenvalue weighted by molar-refractivity contribution is 5.44. The molecule has 0 nitrogen and oxygen atoms in total. The van der Waals surface area contributed by atoms with Gasteiger partial charge in [0.15, 0.2) is 0 Å². The number of allylic oxidation sites excluding steroid dienone is 8. The van der Waals surface area contributed by atoms with E-state index in [2.05, 4.69) is 36.5 Å². The van der Waals surface area contributed by atoms with Crippen molar-refractivity contribution < 1.29 is 0 Å². The molecule has 0 N–H and O–H groups in total. The van der Waals surface area contributed by atoms with Crippen molar-refractivity contribution in [1.29, 1.82) is 0 Å². The van der Waals surface area contributed by atoms with Crippen molar-refractivity contribution in [2.45, 2.75) is 19.3 Å². The van der Waals surface area contributed by atoms with Crippen LogP contribution in [0.5, 0.6) is 0 Å². The van der Waals surface area contributed by atoms with Crippen LogP contribution in [0.4, 0.5) is 0 Å². The minimum absolute atomic E-state index is 0.753. The summed E-state index contributed by atoms with van der Waals surface area (Å²) in [6, 6.07) is 0. The fourth-order valence-corrected chi connectivity index (χ4v) is 2.77. The molecular formula is C13H14. The van der Waals surface area contributed by atoms with Gasteiger partial charge in [0.1, 0.15) is 0 Å². The van der Waals surface area contributed by atoms with E-state index in [-0.39, 0.29) is 0 Å². The van der Waals surface area contributed by atoms with Crippen LogP contribution in [-0.2, 0) is 0 Å². The van der Waals surface area contributed by atoms with Crippen molar-refractivity contribution in [2.75, 3.05) is 0 Å². The van der Waals surface area contributed by atoms with Crippen LogP contribution in [0.25, 0.3) is 0 Å². The highest BCUT2D eigenvalue weighted by Crippen LogP contribution is 2.46. The Balaban J connectivity index is 2.02. The maximum atomic E-state index is 2.41. The Morgan fingerprint density at radius 3 is 3.00 bits per heavy atom. The summed E-state index contributed by atoms with van der Waals surface area (Å²) in [5, 5.41) is 0. The summed E-state index contributed by atoms with van der Waals surface area (Å²) < 4.78 is 0. The number of fused-ring (bicyclic) bond motifs is 4. The Hall–Kier alpha value is -1.04. The Bertz CT molecular complexity index is 339. The zero-order valence-corrected chi connectivity index (χ0v) is 7.74. The Morgan fingerprint density at radius 1 is 1.08 bits per heavy atom. The van der Waals surface area contributed by atoms with Crippen molar-refractivity contribution in [3.05, 3.63) is 47.6 Å². The van der Waals surface area contributed by atoms with E-state index in [1.807, 2.05) is 0 Å². The van der Waals surface area contributed by atoms with Gasteiger partial charge in [-0.3, -0.25) is 0 Å². The first-order valence-corrected chi connectivity index (χ1v) is 5.19. The second-order valence-corrected chi connectivity index (χ2v) is 4.14. The van der Waals surface area contributed by atoms with Gasteiger partial charge < -0.3 is 0 Å². The van der Waals surface area contributed by atoms with Crippen molar-refractivity contribution >= 4 is 0 Å². The third-order valence-electron chi connectivity index (χ3n) is 3.40. The van der Waals surface area contributed by atoms with Gasteiger partial charge in [-0.15, -0.1) is 0 Å². The molecule has 0 heteroatoms. The number of hydrogen-bond donors (Lipinski definition) is 0. The summed E-state index contributed by atoms with van der Waals surface area (Å²) in [7, 11) is 0. The standard InChI is InChI=1S/C13H14/c1-2-4-6-13-11-8-7-10(9-11)12(13)5-3-1/h1-3,5,7-8,10-11H,4,6,9H2/b2-1-,5-3-. The molecule has 0 radical (unpaired) electrons. The number of hydrogen-bond acceptors (Lipinski definition) is 0. The lowest BCUT2D eigenvalue weighted by molar-refractivity contribution is 0.691. The van der Waals surface area contributed by atoms with Crippen molar-refractivity contribution in [2.24, 2.45) is 11.8 Å². The first-order valence-electron chi connectivity index (χ1n) is 5.19. The molecule has 2 bridgehead atoms. The van der Waals surface area contributed by atoms with Gasteiger partial charge in [-0.2, -0.15) is 0 Å². The highest BCUT2D eigenvalue weighted by atomic mass is 14.4. The van der Waals surface area contributed by atoms with E-state index in [1.165, 1.54) is 19.3 Å². The van der Waals surface area contributed by atoms with Gasteiger partial charge in [-0.05, 0) is 30.8 Å². The van der Waals surface area contributed by atoms with Crippen LogP contribution in [0.1, 0.15) is 19.3 Å². The molecule has 0 aromatic rings. The summed E-state index contributed by atoms with van der Waals surface area (Å²) in [5.74, 6) is 1.54. The zero-order valence-electron chi connectivity index (χ0n) is 7.74. The lowest BCUT2D eigenvalue weighted by atomic mass is 9.92. The predicted molar refractivity (Wildman–Crippen MR) is 55.3 cm³/mol. The second kappa shape index (κ2) is 2.73. The third kappa shape index (κ3) is 1.05. The second-order valence-electron chi connectivity index (χ2n) is 4.14. The molecular weight excluding hydrogens is 156 g/mol. The average molecular weight is 170 g/mol. The molecule has 0 spiro atoms. The molecule has 0 saturated carbocycles. The van der Waals surface area contributed by atoms with E-state index in [1.54, 1.807) is 11.1 Å². The highest BCUT2D eigenvalue weighted by Gasteiger charge is 2.32. The Kier molecular flexibility index (Phi) is 1.55. The molecule has 0 fully saturated rings. The van der Waals surface area contributed by atoms with Crippen LogP contribution in [0.15, 0.2) is 47.6 Å². The van der Waals surface area contributed by atoms with Crippen molar-refractivity contribution in [1.82, 2.24) is 0 Å². The van der Waals surface area contributed by atoms with Gasteiger partial charge in [0, 0.05) is 5.92 Å². The van der Waals surface area contributed by atoms with E-state index in [9.17, 15) is 0 Å². The van der Waals surface area contributed by atoms with Crippen LogP contribution in [0.3, 0.4) is 0 Å². The molecule has 13 heavy (non-hydrogen) atoms. The van der Waals surface area contributed by atoms with Gasteiger partial charge >= 0.3 is 0 Å². The molecule has 0 aromatic carbocycles. The van der Waals surface area contributed by atoms with Crippen LogP contribution in [-0.4, -0.2) is 0 Å². The van der Waals surface area contributed by atoms with Gasteiger partial charge in [0.25, 0.3) is 0 Å². The van der Waals surface area contributed by atoms with Crippen molar-refractivity contribution in [3.8, 4) is 0 Å².